The predicted octanol–water partition coefficient (Wildman–Crippen LogP) is 5.23. The summed E-state index contributed by atoms with van der Waals surface area (Å²) in [6.45, 7) is 5.43. The van der Waals surface area contributed by atoms with Gasteiger partial charge >= 0.3 is 5.97 Å². The molecule has 2 aliphatic rings. The van der Waals surface area contributed by atoms with Crippen LogP contribution in [-0.2, 0) is 55.5 Å². The first-order chi connectivity index (χ1) is 25.7. The van der Waals surface area contributed by atoms with Crippen molar-refractivity contribution in [2.24, 2.45) is 0 Å². The van der Waals surface area contributed by atoms with E-state index in [1.165, 1.54) is 24.3 Å². The van der Waals surface area contributed by atoms with Crippen molar-refractivity contribution in [1.82, 2.24) is 0 Å². The lowest BCUT2D eigenvalue weighted by atomic mass is 9.75. The van der Waals surface area contributed by atoms with E-state index in [1.807, 2.05) is 37.0 Å². The average molecular weight is 829 g/mol. The zero-order valence-corrected chi connectivity index (χ0v) is 34.0. The number of carboxylic acid groups (broad SMARTS) is 1. The summed E-state index contributed by atoms with van der Waals surface area (Å²) in [6, 6.07) is 8.50. The van der Waals surface area contributed by atoms with Gasteiger partial charge in [-0.2, -0.15) is 25.3 Å². The molecule has 2 aromatic carbocycles. The molecule has 0 bridgehead atoms. The van der Waals surface area contributed by atoms with Crippen LogP contribution in [0.2, 0.25) is 0 Å². The number of ether oxygens (including phenoxy) is 2. The third-order valence-electron chi connectivity index (χ3n) is 10.7. The zero-order chi connectivity index (χ0) is 40.8. The van der Waals surface area contributed by atoms with E-state index in [4.69, 9.17) is 14.6 Å². The molecule has 0 spiro atoms. The van der Waals surface area contributed by atoms with Crippen LogP contribution in [0, 0.1) is 0 Å². The van der Waals surface area contributed by atoms with E-state index < -0.39 is 52.9 Å². The van der Waals surface area contributed by atoms with Gasteiger partial charge in [0.15, 0.2) is 0 Å². The van der Waals surface area contributed by atoms with Gasteiger partial charge in [-0.05, 0) is 92.6 Å². The van der Waals surface area contributed by atoms with E-state index in [9.17, 15) is 43.7 Å². The van der Waals surface area contributed by atoms with Gasteiger partial charge in [0.2, 0.25) is 0 Å². The molecular formula is C37H52N2O13S3. The molecule has 3 unspecified atom stereocenters. The largest absolute Gasteiger partial charge is 0.481 e. The molecule has 0 radical (unpaired) electrons. The van der Waals surface area contributed by atoms with E-state index in [-0.39, 0.29) is 28.7 Å². The van der Waals surface area contributed by atoms with Gasteiger partial charge in [-0.1, -0.05) is 31.9 Å². The van der Waals surface area contributed by atoms with Gasteiger partial charge in [0.05, 0.1) is 28.2 Å². The Morgan fingerprint density at radius 1 is 0.782 bits per heavy atom. The maximum absolute atomic E-state index is 12.3. The van der Waals surface area contributed by atoms with Crippen LogP contribution in [-0.4, -0.2) is 102 Å². The van der Waals surface area contributed by atoms with Crippen molar-refractivity contribution in [1.29, 1.82) is 0 Å². The molecule has 0 saturated heterocycles. The van der Waals surface area contributed by atoms with E-state index in [0.29, 0.717) is 81.6 Å². The fraction of sp³-hybridized carbons (Fsp3) is 0.541. The Bertz CT molecular complexity index is 2100. The molecule has 0 amide bonds. The van der Waals surface area contributed by atoms with Crippen LogP contribution in [0.5, 0.6) is 0 Å². The molecule has 2 aliphatic heterocycles. The molecule has 4 rings (SSSR count). The number of aliphatic carboxylic acids is 1. The number of methoxy groups -OCH3 is 2. The molecule has 55 heavy (non-hydrogen) atoms. The number of allylic oxidation sites excluding steroid dienone is 3. The summed E-state index contributed by atoms with van der Waals surface area (Å²) in [5.74, 6) is -1.32. The molecule has 2 heterocycles. The fourth-order valence-corrected chi connectivity index (χ4v) is 9.42. The maximum atomic E-state index is 12.3. The van der Waals surface area contributed by atoms with Gasteiger partial charge in [0, 0.05) is 68.2 Å². The zero-order valence-electron chi connectivity index (χ0n) is 31.5. The first kappa shape index (κ1) is 44.4. The Kier molecular flexibility index (Phi) is 14.4. The minimum absolute atomic E-state index is 0.0407. The second kappa shape index (κ2) is 17.8. The summed E-state index contributed by atoms with van der Waals surface area (Å²) >= 11 is 0. The number of nitrogens with zero attached hydrogens (tertiary/aromatic N) is 2. The van der Waals surface area contributed by atoms with Crippen molar-refractivity contribution in [2.75, 3.05) is 56.1 Å². The van der Waals surface area contributed by atoms with Crippen molar-refractivity contribution in [3.63, 3.8) is 0 Å². The number of anilines is 2. The van der Waals surface area contributed by atoms with Crippen LogP contribution in [0.25, 0.3) is 0 Å². The van der Waals surface area contributed by atoms with E-state index in [0.717, 1.165) is 11.4 Å². The van der Waals surface area contributed by atoms with Gasteiger partial charge in [0.1, 0.15) is 0 Å². The van der Waals surface area contributed by atoms with Crippen LogP contribution >= 0.6 is 0 Å². The lowest BCUT2D eigenvalue weighted by Crippen LogP contribution is -2.43. The summed E-state index contributed by atoms with van der Waals surface area (Å²) in [7, 11) is -10.2. The van der Waals surface area contributed by atoms with Crippen molar-refractivity contribution >= 4 is 47.7 Å². The Balaban J connectivity index is 1.85. The van der Waals surface area contributed by atoms with Crippen LogP contribution in [0.15, 0.2) is 70.1 Å². The number of benzene rings is 2. The molecule has 3 atom stereocenters. The van der Waals surface area contributed by atoms with E-state index in [2.05, 4.69) is 4.90 Å². The standard InChI is InChI=1S/C37H52N2O13S3/c1-36(18-7-9-24-53(42,43)44)29-25-27(54(45,46)47)15-17-32(29)39(21-23-52-4)33(36)11-10-12-34-37(2,19-22-51-3)30-26-28(55(48,49)50)14-16-31(30)38(34)20-8-5-6-13-35(40)41/h10-12,14-17,25-26,34H,5-9,13,18-24H2,1-4H3,(H,40,41)(H,42,43,44)(H,45,46,47)(H,48,49,50)/b12-10+,33-11+. The molecule has 0 saturated carbocycles. The van der Waals surface area contributed by atoms with Gasteiger partial charge < -0.3 is 24.4 Å². The smallest absolute Gasteiger partial charge is 0.303 e. The molecule has 0 aromatic heterocycles. The van der Waals surface area contributed by atoms with Crippen molar-refractivity contribution < 1.29 is 58.3 Å². The lowest BCUT2D eigenvalue weighted by molar-refractivity contribution is -0.137. The SMILES string of the molecule is COCCN1/C(=C/C=C/C2N(CCCCCC(=O)O)c3ccc(S(=O)(=O)O)cc3C2(C)CCOC)C(C)(CCCCS(=O)(=O)O)c2cc(S(=O)(=O)O)ccc21. The minimum atomic E-state index is -4.57. The summed E-state index contributed by atoms with van der Waals surface area (Å²) < 4.78 is 112. The highest BCUT2D eigenvalue weighted by Gasteiger charge is 2.47. The van der Waals surface area contributed by atoms with Crippen LogP contribution in [0.1, 0.15) is 76.3 Å². The Labute approximate surface area is 324 Å². The second-order valence-corrected chi connectivity index (χ2v) is 18.9. The van der Waals surface area contributed by atoms with E-state index in [1.54, 1.807) is 26.4 Å². The fourth-order valence-electron chi connectivity index (χ4n) is 7.84. The Hall–Kier alpha value is -3.36. The Morgan fingerprint density at radius 2 is 1.40 bits per heavy atom. The van der Waals surface area contributed by atoms with Crippen LogP contribution in [0.4, 0.5) is 11.4 Å². The summed E-state index contributed by atoms with van der Waals surface area (Å²) in [4.78, 5) is 14.7. The summed E-state index contributed by atoms with van der Waals surface area (Å²) in [5.41, 5.74) is 1.88. The highest BCUT2D eigenvalue weighted by atomic mass is 32.2. The van der Waals surface area contributed by atoms with E-state index >= 15 is 0 Å². The number of rotatable bonds is 21. The number of carboxylic acids is 1. The number of hydrogen-bond acceptors (Lipinski definition) is 11. The van der Waals surface area contributed by atoms with Crippen molar-refractivity contribution in [2.45, 2.75) is 91.9 Å². The molecular weight excluding hydrogens is 777 g/mol. The molecule has 4 N–H and O–H groups in total. The first-order valence-electron chi connectivity index (χ1n) is 18.0. The van der Waals surface area contributed by atoms with Crippen molar-refractivity contribution in [3.05, 3.63) is 71.5 Å². The average Bonchev–Trinajstić information content (AvgIpc) is 3.47. The summed E-state index contributed by atoms with van der Waals surface area (Å²) in [5, 5.41) is 9.14. The highest BCUT2D eigenvalue weighted by Crippen LogP contribution is 2.52. The Morgan fingerprint density at radius 3 is 1.98 bits per heavy atom. The van der Waals surface area contributed by atoms with Gasteiger partial charge in [-0.15, -0.1) is 0 Å². The molecule has 0 fully saturated rings. The predicted molar refractivity (Wildman–Crippen MR) is 208 cm³/mol. The van der Waals surface area contributed by atoms with Gasteiger partial charge in [-0.3, -0.25) is 18.5 Å². The number of hydrogen-bond donors (Lipinski definition) is 4. The minimum Gasteiger partial charge on any atom is -0.481 e. The lowest BCUT2D eigenvalue weighted by Gasteiger charge is -2.35. The molecule has 0 aliphatic carbocycles. The first-order valence-corrected chi connectivity index (χ1v) is 22.5. The monoisotopic (exact) mass is 828 g/mol. The molecule has 2 aromatic rings. The van der Waals surface area contributed by atoms with Crippen LogP contribution in [0.3, 0.4) is 0 Å². The quantitative estimate of drug-likeness (QED) is 0.0934. The molecule has 306 valence electrons. The number of unbranched alkanes of at least 4 members (excludes halogenated alkanes) is 3. The van der Waals surface area contributed by atoms with Gasteiger partial charge in [-0.25, -0.2) is 0 Å². The van der Waals surface area contributed by atoms with Crippen molar-refractivity contribution in [3.8, 4) is 0 Å². The molecule has 18 heteroatoms. The normalized spacial score (nSPS) is 22.2. The van der Waals surface area contributed by atoms with Gasteiger partial charge in [0.25, 0.3) is 30.4 Å². The third kappa shape index (κ3) is 10.5. The number of fused-ring (bicyclic) bond motifs is 2. The van der Waals surface area contributed by atoms with Crippen LogP contribution < -0.4 is 9.80 Å². The topological polar surface area (TPSA) is 225 Å². The second-order valence-electron chi connectivity index (χ2n) is 14.5. The highest BCUT2D eigenvalue weighted by molar-refractivity contribution is 7.86. The summed E-state index contributed by atoms with van der Waals surface area (Å²) in [6.07, 6.45) is 8.93. The third-order valence-corrected chi connectivity index (χ3v) is 13.2. The molecule has 15 nitrogen and oxygen atoms in total. The maximum Gasteiger partial charge on any atom is 0.303 e. The number of carbonyl (C=O) groups is 1.